The fourth-order valence-electron chi connectivity index (χ4n) is 3.60. The molecule has 4 rings (SSSR count). The highest BCUT2D eigenvalue weighted by Gasteiger charge is 2.29. The smallest absolute Gasteiger partial charge is 0.272 e. The maximum atomic E-state index is 12.8. The SMILES string of the molecule is C[C@@H](NC(=O)c1ccccc1)C(=O)N1CCN(C(=O)c2cc(-c3cccnc3)n[nH]2)CC1. The monoisotopic (exact) mass is 432 g/mol. The first-order valence-corrected chi connectivity index (χ1v) is 10.4. The lowest BCUT2D eigenvalue weighted by Gasteiger charge is -2.35. The van der Waals surface area contributed by atoms with Gasteiger partial charge in [0, 0.05) is 49.7 Å². The number of carbonyl (C=O) groups is 3. The Balaban J connectivity index is 1.31. The number of nitrogens with zero attached hydrogens (tertiary/aromatic N) is 4. The van der Waals surface area contributed by atoms with Crippen molar-refractivity contribution in [2.24, 2.45) is 0 Å². The van der Waals surface area contributed by atoms with E-state index in [0.717, 1.165) is 5.56 Å². The number of aromatic amines is 1. The van der Waals surface area contributed by atoms with Gasteiger partial charge in [-0.25, -0.2) is 0 Å². The third kappa shape index (κ3) is 4.66. The summed E-state index contributed by atoms with van der Waals surface area (Å²) in [5.74, 6) is -0.615. The molecule has 0 radical (unpaired) electrons. The summed E-state index contributed by atoms with van der Waals surface area (Å²) in [6.45, 7) is 3.29. The van der Waals surface area contributed by atoms with Crippen LogP contribution in [0.2, 0.25) is 0 Å². The molecule has 1 fully saturated rings. The predicted molar refractivity (Wildman–Crippen MR) is 118 cm³/mol. The summed E-state index contributed by atoms with van der Waals surface area (Å²) in [4.78, 5) is 45.3. The van der Waals surface area contributed by atoms with Crippen molar-refractivity contribution in [2.45, 2.75) is 13.0 Å². The number of piperazine rings is 1. The minimum Gasteiger partial charge on any atom is -0.341 e. The average Bonchev–Trinajstić information content (AvgIpc) is 3.34. The molecule has 2 N–H and O–H groups in total. The summed E-state index contributed by atoms with van der Waals surface area (Å²) < 4.78 is 0. The third-order valence-corrected chi connectivity index (χ3v) is 5.40. The highest BCUT2D eigenvalue weighted by atomic mass is 16.2. The zero-order valence-electron chi connectivity index (χ0n) is 17.7. The van der Waals surface area contributed by atoms with Crippen molar-refractivity contribution in [3.63, 3.8) is 0 Å². The summed E-state index contributed by atoms with van der Waals surface area (Å²) in [7, 11) is 0. The largest absolute Gasteiger partial charge is 0.341 e. The van der Waals surface area contributed by atoms with Gasteiger partial charge in [-0.3, -0.25) is 24.5 Å². The summed E-state index contributed by atoms with van der Waals surface area (Å²) in [5, 5.41) is 9.74. The van der Waals surface area contributed by atoms with Crippen molar-refractivity contribution < 1.29 is 14.4 Å². The number of aromatic nitrogens is 3. The topological polar surface area (TPSA) is 111 Å². The maximum absolute atomic E-state index is 12.8. The van der Waals surface area contributed by atoms with Crippen LogP contribution in [0.5, 0.6) is 0 Å². The lowest BCUT2D eigenvalue weighted by molar-refractivity contribution is -0.134. The first-order chi connectivity index (χ1) is 15.5. The van der Waals surface area contributed by atoms with Crippen LogP contribution < -0.4 is 5.32 Å². The van der Waals surface area contributed by atoms with Crippen molar-refractivity contribution in [2.75, 3.05) is 26.2 Å². The molecular weight excluding hydrogens is 408 g/mol. The van der Waals surface area contributed by atoms with Crippen molar-refractivity contribution in [3.8, 4) is 11.3 Å². The van der Waals surface area contributed by atoms with Crippen LogP contribution in [0.15, 0.2) is 60.9 Å². The van der Waals surface area contributed by atoms with Crippen LogP contribution >= 0.6 is 0 Å². The Kier molecular flexibility index (Phi) is 6.25. The summed E-state index contributed by atoms with van der Waals surface area (Å²) in [5.41, 5.74) is 2.38. The van der Waals surface area contributed by atoms with Crippen LogP contribution in [-0.4, -0.2) is 74.9 Å². The van der Waals surface area contributed by atoms with Gasteiger partial charge in [-0.05, 0) is 37.3 Å². The number of hydrogen-bond donors (Lipinski definition) is 2. The van der Waals surface area contributed by atoms with E-state index in [4.69, 9.17) is 0 Å². The number of rotatable bonds is 5. The van der Waals surface area contributed by atoms with Crippen molar-refractivity contribution in [1.29, 1.82) is 0 Å². The first kappa shape index (κ1) is 21.2. The van der Waals surface area contributed by atoms with Gasteiger partial charge in [0.05, 0.1) is 5.69 Å². The second-order valence-electron chi connectivity index (χ2n) is 7.59. The van der Waals surface area contributed by atoms with Gasteiger partial charge in [-0.1, -0.05) is 18.2 Å². The number of pyridine rings is 1. The molecule has 2 aromatic heterocycles. The van der Waals surface area contributed by atoms with Gasteiger partial charge in [0.25, 0.3) is 11.8 Å². The molecule has 3 aromatic rings. The number of amides is 3. The van der Waals surface area contributed by atoms with Crippen LogP contribution in [0.25, 0.3) is 11.3 Å². The van der Waals surface area contributed by atoms with Gasteiger partial charge in [-0.15, -0.1) is 0 Å². The fourth-order valence-corrected chi connectivity index (χ4v) is 3.60. The molecule has 32 heavy (non-hydrogen) atoms. The van der Waals surface area contributed by atoms with E-state index in [2.05, 4.69) is 20.5 Å². The normalized spacial score (nSPS) is 14.7. The molecule has 0 aliphatic carbocycles. The predicted octanol–water partition coefficient (Wildman–Crippen LogP) is 1.57. The van der Waals surface area contributed by atoms with E-state index >= 15 is 0 Å². The molecule has 1 aromatic carbocycles. The van der Waals surface area contributed by atoms with Crippen LogP contribution in [-0.2, 0) is 4.79 Å². The number of hydrogen-bond acceptors (Lipinski definition) is 5. The highest BCUT2D eigenvalue weighted by molar-refractivity contribution is 5.97. The third-order valence-electron chi connectivity index (χ3n) is 5.40. The van der Waals surface area contributed by atoms with E-state index in [1.165, 1.54) is 0 Å². The summed E-state index contributed by atoms with van der Waals surface area (Å²) in [6, 6.07) is 13.5. The molecule has 9 heteroatoms. The van der Waals surface area contributed by atoms with E-state index < -0.39 is 6.04 Å². The second kappa shape index (κ2) is 9.42. The Hall–Kier alpha value is -4.01. The van der Waals surface area contributed by atoms with E-state index in [1.54, 1.807) is 59.4 Å². The summed E-state index contributed by atoms with van der Waals surface area (Å²) >= 11 is 0. The Labute approximate surface area is 185 Å². The minimum atomic E-state index is -0.653. The molecule has 0 bridgehead atoms. The molecule has 164 valence electrons. The average molecular weight is 432 g/mol. The number of benzene rings is 1. The van der Waals surface area contributed by atoms with Crippen molar-refractivity contribution in [3.05, 3.63) is 72.2 Å². The number of nitrogens with one attached hydrogen (secondary N) is 2. The Morgan fingerprint density at radius 2 is 1.72 bits per heavy atom. The van der Waals surface area contributed by atoms with Gasteiger partial charge in [0.15, 0.2) is 0 Å². The molecule has 0 unspecified atom stereocenters. The van der Waals surface area contributed by atoms with Crippen LogP contribution in [0.1, 0.15) is 27.8 Å². The van der Waals surface area contributed by atoms with Crippen molar-refractivity contribution >= 4 is 17.7 Å². The van der Waals surface area contributed by atoms with Gasteiger partial charge < -0.3 is 15.1 Å². The van der Waals surface area contributed by atoms with Gasteiger partial charge in [0.1, 0.15) is 11.7 Å². The van der Waals surface area contributed by atoms with E-state index in [9.17, 15) is 14.4 Å². The molecule has 3 amide bonds. The van der Waals surface area contributed by atoms with E-state index in [0.29, 0.717) is 43.1 Å². The zero-order chi connectivity index (χ0) is 22.5. The second-order valence-corrected chi connectivity index (χ2v) is 7.59. The lowest BCUT2D eigenvalue weighted by atomic mass is 10.1. The Morgan fingerprint density at radius 3 is 2.41 bits per heavy atom. The van der Waals surface area contributed by atoms with Crippen LogP contribution in [0, 0.1) is 0 Å². The quantitative estimate of drug-likeness (QED) is 0.636. The van der Waals surface area contributed by atoms with Gasteiger partial charge in [-0.2, -0.15) is 5.10 Å². The molecule has 1 atom stereocenters. The number of H-pyrrole nitrogens is 1. The lowest BCUT2D eigenvalue weighted by Crippen LogP contribution is -2.55. The van der Waals surface area contributed by atoms with Gasteiger partial charge >= 0.3 is 0 Å². The molecule has 1 saturated heterocycles. The van der Waals surface area contributed by atoms with Gasteiger partial charge in [0.2, 0.25) is 5.91 Å². The van der Waals surface area contributed by atoms with E-state index in [-0.39, 0.29) is 17.7 Å². The standard InChI is InChI=1S/C23H24N6O3/c1-16(25-21(30)17-6-3-2-4-7-17)22(31)28-10-12-29(13-11-28)23(32)20-14-19(26-27-20)18-8-5-9-24-15-18/h2-9,14-16H,10-13H2,1H3,(H,25,30)(H,26,27)/t16-/m1/s1. The minimum absolute atomic E-state index is 0.162. The van der Waals surface area contributed by atoms with Crippen LogP contribution in [0.3, 0.4) is 0 Å². The zero-order valence-corrected chi connectivity index (χ0v) is 17.7. The summed E-state index contributed by atoms with van der Waals surface area (Å²) in [6.07, 6.45) is 3.36. The number of carbonyl (C=O) groups excluding carboxylic acids is 3. The molecular formula is C23H24N6O3. The Morgan fingerprint density at radius 1 is 1.00 bits per heavy atom. The molecule has 1 aliphatic heterocycles. The van der Waals surface area contributed by atoms with Crippen molar-refractivity contribution in [1.82, 2.24) is 30.3 Å². The van der Waals surface area contributed by atoms with Crippen LogP contribution in [0.4, 0.5) is 0 Å². The highest BCUT2D eigenvalue weighted by Crippen LogP contribution is 2.17. The van der Waals surface area contributed by atoms with E-state index in [1.807, 2.05) is 18.2 Å². The molecule has 3 heterocycles. The molecule has 9 nitrogen and oxygen atoms in total. The molecule has 1 aliphatic rings. The first-order valence-electron chi connectivity index (χ1n) is 10.4. The fraction of sp³-hybridized carbons (Fsp3) is 0.261. The maximum Gasteiger partial charge on any atom is 0.272 e. The Bertz CT molecular complexity index is 1090. The molecule has 0 saturated carbocycles. The molecule has 0 spiro atoms.